The molecule has 108 valence electrons. The lowest BCUT2D eigenvalue weighted by atomic mass is 9.63. The molecule has 19 heavy (non-hydrogen) atoms. The van der Waals surface area contributed by atoms with Crippen LogP contribution in [-0.2, 0) is 9.53 Å². The van der Waals surface area contributed by atoms with Crippen LogP contribution in [0, 0.1) is 28.6 Å². The predicted molar refractivity (Wildman–Crippen MR) is 75.6 cm³/mol. The van der Waals surface area contributed by atoms with Gasteiger partial charge in [-0.25, -0.2) is 0 Å². The molecule has 0 saturated heterocycles. The first-order chi connectivity index (χ1) is 8.73. The molecule has 3 aliphatic carbocycles. The van der Waals surface area contributed by atoms with Gasteiger partial charge in [-0.2, -0.15) is 0 Å². The fraction of sp³-hybridized carbons (Fsp3) is 0.941. The first-order valence-corrected chi connectivity index (χ1v) is 7.92. The van der Waals surface area contributed by atoms with Crippen LogP contribution in [0.25, 0.3) is 0 Å². The van der Waals surface area contributed by atoms with Gasteiger partial charge < -0.3 is 4.74 Å². The van der Waals surface area contributed by atoms with E-state index in [0.29, 0.717) is 5.41 Å². The van der Waals surface area contributed by atoms with Crippen molar-refractivity contribution in [1.82, 2.24) is 0 Å². The lowest BCUT2D eigenvalue weighted by molar-refractivity contribution is -0.172. The lowest BCUT2D eigenvalue weighted by Crippen LogP contribution is -2.47. The quantitative estimate of drug-likeness (QED) is 0.664. The molecule has 0 aromatic heterocycles. The summed E-state index contributed by atoms with van der Waals surface area (Å²) < 4.78 is 5.88. The number of fused-ring (bicyclic) bond motifs is 1. The molecule has 0 aliphatic heterocycles. The van der Waals surface area contributed by atoms with E-state index in [1.165, 1.54) is 25.7 Å². The first kappa shape index (κ1) is 13.5. The second-order valence-electron chi connectivity index (χ2n) is 8.22. The highest BCUT2D eigenvalue weighted by Crippen LogP contribution is 2.74. The van der Waals surface area contributed by atoms with E-state index in [2.05, 4.69) is 27.7 Å². The summed E-state index contributed by atoms with van der Waals surface area (Å²) in [5.41, 5.74) is 0.461. The normalized spacial score (nSPS) is 50.9. The first-order valence-electron chi connectivity index (χ1n) is 7.92. The molecule has 0 amide bonds. The Bertz CT molecular complexity index is 413. The average Bonchev–Trinajstić information content (AvgIpc) is 2.65. The van der Waals surface area contributed by atoms with Gasteiger partial charge in [-0.05, 0) is 62.2 Å². The molecule has 2 bridgehead atoms. The molecule has 0 aromatic rings. The van der Waals surface area contributed by atoms with Gasteiger partial charge in [0, 0.05) is 12.3 Å². The largest absolute Gasteiger partial charge is 0.459 e. The van der Waals surface area contributed by atoms with Gasteiger partial charge in [-0.1, -0.05) is 20.8 Å². The zero-order valence-electron chi connectivity index (χ0n) is 13.1. The lowest BCUT2D eigenvalue weighted by Gasteiger charge is -2.46. The Morgan fingerprint density at radius 1 is 1.16 bits per heavy atom. The summed E-state index contributed by atoms with van der Waals surface area (Å²) >= 11 is 0. The Kier molecular flexibility index (Phi) is 2.67. The molecule has 3 aliphatic rings. The van der Waals surface area contributed by atoms with Crippen molar-refractivity contribution in [3.8, 4) is 0 Å². The summed E-state index contributed by atoms with van der Waals surface area (Å²) in [6, 6.07) is 0. The third-order valence-corrected chi connectivity index (χ3v) is 7.17. The Morgan fingerprint density at radius 3 is 2.47 bits per heavy atom. The van der Waals surface area contributed by atoms with Crippen molar-refractivity contribution in [2.75, 3.05) is 0 Å². The number of esters is 1. The van der Waals surface area contributed by atoms with Gasteiger partial charge in [0.05, 0.1) is 0 Å². The third kappa shape index (κ3) is 1.52. The predicted octanol–water partition coefficient (Wildman–Crippen LogP) is 4.18. The molecule has 2 heteroatoms. The summed E-state index contributed by atoms with van der Waals surface area (Å²) in [4.78, 5) is 11.6. The summed E-state index contributed by atoms with van der Waals surface area (Å²) in [5.74, 6) is 2.27. The van der Waals surface area contributed by atoms with Crippen LogP contribution in [0.5, 0.6) is 0 Å². The highest BCUT2D eigenvalue weighted by molar-refractivity contribution is 5.66. The molecular formula is C17H28O2. The summed E-state index contributed by atoms with van der Waals surface area (Å²) in [5, 5.41) is 0. The maximum Gasteiger partial charge on any atom is 0.303 e. The summed E-state index contributed by atoms with van der Waals surface area (Å²) in [6.07, 6.45) is 6.13. The summed E-state index contributed by atoms with van der Waals surface area (Å²) in [7, 11) is 0. The SMILES string of the molecule is CC(=O)O[C@]1(C)CC[C@H]2C(C)(C)[C@@H]3C[C@@]21CC[C@@H]3C. The number of ether oxygens (including phenoxy) is 1. The highest BCUT2D eigenvalue weighted by atomic mass is 16.6. The number of carbonyl (C=O) groups excluding carboxylic acids is 1. The van der Waals surface area contributed by atoms with Crippen LogP contribution in [0.3, 0.4) is 0 Å². The van der Waals surface area contributed by atoms with Gasteiger partial charge in [-0.3, -0.25) is 4.79 Å². The molecule has 0 N–H and O–H groups in total. The van der Waals surface area contributed by atoms with E-state index in [4.69, 9.17) is 4.74 Å². The molecule has 0 heterocycles. The third-order valence-electron chi connectivity index (χ3n) is 7.17. The minimum Gasteiger partial charge on any atom is -0.459 e. The maximum atomic E-state index is 11.6. The van der Waals surface area contributed by atoms with Crippen LogP contribution in [0.2, 0.25) is 0 Å². The number of hydrogen-bond donors (Lipinski definition) is 0. The van der Waals surface area contributed by atoms with Gasteiger partial charge in [0.25, 0.3) is 0 Å². The second kappa shape index (κ2) is 3.77. The van der Waals surface area contributed by atoms with Crippen molar-refractivity contribution in [3.63, 3.8) is 0 Å². The fourth-order valence-corrected chi connectivity index (χ4v) is 6.30. The minimum atomic E-state index is -0.213. The van der Waals surface area contributed by atoms with E-state index in [0.717, 1.165) is 24.2 Å². The van der Waals surface area contributed by atoms with Crippen LogP contribution in [0.15, 0.2) is 0 Å². The molecular weight excluding hydrogens is 236 g/mol. The van der Waals surface area contributed by atoms with Gasteiger partial charge in [-0.15, -0.1) is 0 Å². The molecule has 0 aromatic carbocycles. The Balaban J connectivity index is 2.02. The smallest absolute Gasteiger partial charge is 0.303 e. The van der Waals surface area contributed by atoms with Gasteiger partial charge in [0.1, 0.15) is 5.60 Å². The molecule has 0 radical (unpaired) electrons. The zero-order valence-corrected chi connectivity index (χ0v) is 13.1. The van der Waals surface area contributed by atoms with Gasteiger partial charge in [0.2, 0.25) is 0 Å². The molecule has 2 nitrogen and oxygen atoms in total. The van der Waals surface area contributed by atoms with E-state index in [9.17, 15) is 4.79 Å². The van der Waals surface area contributed by atoms with Crippen LogP contribution in [0.4, 0.5) is 0 Å². The Morgan fingerprint density at radius 2 is 1.84 bits per heavy atom. The molecule has 1 spiro atoms. The van der Waals surface area contributed by atoms with E-state index in [-0.39, 0.29) is 17.0 Å². The van der Waals surface area contributed by atoms with Crippen molar-refractivity contribution in [1.29, 1.82) is 0 Å². The van der Waals surface area contributed by atoms with Gasteiger partial charge >= 0.3 is 5.97 Å². The monoisotopic (exact) mass is 264 g/mol. The minimum absolute atomic E-state index is 0.0996. The standard InChI is InChI=1S/C17H28O2/c1-11-6-9-17-10-13(11)15(3,4)14(17)7-8-16(17,5)19-12(2)18/h11,13-14H,6-10H2,1-5H3/t11-,13+,14-,16+,17-/m0/s1. The topological polar surface area (TPSA) is 26.3 Å². The fourth-order valence-electron chi connectivity index (χ4n) is 6.30. The zero-order chi connectivity index (χ0) is 14.1. The number of carbonyl (C=O) groups is 1. The maximum absolute atomic E-state index is 11.6. The second-order valence-corrected chi connectivity index (χ2v) is 8.22. The van der Waals surface area contributed by atoms with Crippen molar-refractivity contribution < 1.29 is 9.53 Å². The summed E-state index contributed by atoms with van der Waals surface area (Å²) in [6.45, 7) is 11.1. The Labute approximate surface area is 117 Å². The highest BCUT2D eigenvalue weighted by Gasteiger charge is 2.70. The number of rotatable bonds is 1. The Hall–Kier alpha value is -0.530. The average molecular weight is 264 g/mol. The van der Waals surface area contributed by atoms with Crippen LogP contribution < -0.4 is 0 Å². The van der Waals surface area contributed by atoms with E-state index < -0.39 is 0 Å². The van der Waals surface area contributed by atoms with Crippen LogP contribution in [-0.4, -0.2) is 11.6 Å². The van der Waals surface area contributed by atoms with E-state index in [1.54, 1.807) is 6.92 Å². The van der Waals surface area contributed by atoms with Gasteiger partial charge in [0.15, 0.2) is 0 Å². The van der Waals surface area contributed by atoms with Crippen LogP contribution >= 0.6 is 0 Å². The van der Waals surface area contributed by atoms with Crippen molar-refractivity contribution >= 4 is 5.97 Å². The van der Waals surface area contributed by atoms with E-state index >= 15 is 0 Å². The molecule has 0 unspecified atom stereocenters. The van der Waals surface area contributed by atoms with E-state index in [1.807, 2.05) is 0 Å². The molecule has 3 saturated carbocycles. The molecule has 5 atom stereocenters. The van der Waals surface area contributed by atoms with Crippen molar-refractivity contribution in [2.24, 2.45) is 28.6 Å². The van der Waals surface area contributed by atoms with Crippen LogP contribution in [0.1, 0.15) is 66.7 Å². The van der Waals surface area contributed by atoms with Crippen molar-refractivity contribution in [2.45, 2.75) is 72.3 Å². The number of hydrogen-bond acceptors (Lipinski definition) is 2. The molecule has 3 fully saturated rings. The molecule has 3 rings (SSSR count). The van der Waals surface area contributed by atoms with Crippen molar-refractivity contribution in [3.05, 3.63) is 0 Å².